The van der Waals surface area contributed by atoms with Crippen LogP contribution in [0.3, 0.4) is 0 Å². The highest BCUT2D eigenvalue weighted by Crippen LogP contribution is 2.34. The molecule has 3 rings (SSSR count). The number of hydrogen-bond acceptors (Lipinski definition) is 3. The molecule has 1 aromatic carbocycles. The van der Waals surface area contributed by atoms with Gasteiger partial charge < -0.3 is 5.73 Å². The molecule has 0 bridgehead atoms. The third-order valence-electron chi connectivity index (χ3n) is 3.46. The first-order valence-corrected chi connectivity index (χ1v) is 6.33. The topological polar surface area (TPSA) is 51.8 Å². The molecule has 20 heavy (non-hydrogen) atoms. The molecule has 0 saturated carbocycles. The minimum absolute atomic E-state index is 0.133. The highest BCUT2D eigenvalue weighted by Gasteiger charge is 2.14. The standard InChI is InChI=1S/C16H14FN3/c1-9-3-4-19-7-13(9)12-6-11-5-10(2)20-8-14(11)16(18)15(12)17/h3-8H,18H2,1-2H3. The summed E-state index contributed by atoms with van der Waals surface area (Å²) >= 11 is 0. The van der Waals surface area contributed by atoms with Gasteiger partial charge in [-0.2, -0.15) is 0 Å². The fraction of sp³-hybridized carbons (Fsp3) is 0.125. The van der Waals surface area contributed by atoms with Crippen LogP contribution in [-0.4, -0.2) is 9.97 Å². The molecule has 2 aromatic heterocycles. The number of nitrogen functional groups attached to an aromatic ring is 1. The van der Waals surface area contributed by atoms with Crippen molar-refractivity contribution < 1.29 is 4.39 Å². The van der Waals surface area contributed by atoms with Crippen LogP contribution in [0.15, 0.2) is 36.8 Å². The van der Waals surface area contributed by atoms with Crippen LogP contribution >= 0.6 is 0 Å². The number of benzene rings is 1. The van der Waals surface area contributed by atoms with Crippen molar-refractivity contribution in [3.05, 3.63) is 53.9 Å². The van der Waals surface area contributed by atoms with Gasteiger partial charge in [-0.25, -0.2) is 4.39 Å². The van der Waals surface area contributed by atoms with E-state index >= 15 is 0 Å². The Bertz CT molecular complexity index is 812. The van der Waals surface area contributed by atoms with E-state index in [9.17, 15) is 4.39 Å². The van der Waals surface area contributed by atoms with E-state index in [1.54, 1.807) is 24.7 Å². The molecule has 0 unspecified atom stereocenters. The summed E-state index contributed by atoms with van der Waals surface area (Å²) in [5.74, 6) is -0.417. The average Bonchev–Trinajstić information content (AvgIpc) is 2.43. The monoisotopic (exact) mass is 267 g/mol. The van der Waals surface area contributed by atoms with Gasteiger partial charge in [-0.1, -0.05) is 0 Å². The maximum absolute atomic E-state index is 14.5. The lowest BCUT2D eigenvalue weighted by Gasteiger charge is -2.11. The van der Waals surface area contributed by atoms with Gasteiger partial charge in [0.05, 0.1) is 5.69 Å². The number of hydrogen-bond donors (Lipinski definition) is 1. The lowest BCUT2D eigenvalue weighted by molar-refractivity contribution is 0.637. The van der Waals surface area contributed by atoms with Crippen LogP contribution in [0.1, 0.15) is 11.3 Å². The molecule has 0 atom stereocenters. The number of aromatic nitrogens is 2. The SMILES string of the molecule is Cc1cc2cc(-c3cnccc3C)c(F)c(N)c2cn1. The molecule has 0 amide bonds. The zero-order valence-electron chi connectivity index (χ0n) is 11.3. The van der Waals surface area contributed by atoms with Crippen LogP contribution in [0.5, 0.6) is 0 Å². The Morgan fingerprint density at radius 1 is 1.10 bits per heavy atom. The minimum atomic E-state index is -0.417. The first-order chi connectivity index (χ1) is 9.58. The molecule has 2 heterocycles. The van der Waals surface area contributed by atoms with Crippen LogP contribution in [0.4, 0.5) is 10.1 Å². The van der Waals surface area contributed by atoms with Crippen LogP contribution < -0.4 is 5.73 Å². The van der Waals surface area contributed by atoms with Crippen molar-refractivity contribution in [1.82, 2.24) is 9.97 Å². The fourth-order valence-corrected chi connectivity index (χ4v) is 2.35. The number of nitrogens with zero attached hydrogens (tertiary/aromatic N) is 2. The molecule has 0 aliphatic heterocycles. The molecular weight excluding hydrogens is 253 g/mol. The normalized spacial score (nSPS) is 10.9. The van der Waals surface area contributed by atoms with Crippen LogP contribution in [0.25, 0.3) is 21.9 Å². The molecule has 0 aliphatic rings. The van der Waals surface area contributed by atoms with Gasteiger partial charge in [-0.3, -0.25) is 9.97 Å². The van der Waals surface area contributed by atoms with Crippen LogP contribution in [-0.2, 0) is 0 Å². The smallest absolute Gasteiger partial charge is 0.154 e. The first-order valence-electron chi connectivity index (χ1n) is 6.33. The molecule has 3 nitrogen and oxygen atoms in total. The van der Waals surface area contributed by atoms with Gasteiger partial charge in [0, 0.05) is 40.8 Å². The van der Waals surface area contributed by atoms with E-state index in [1.165, 1.54) is 0 Å². The van der Waals surface area contributed by atoms with Crippen molar-refractivity contribution in [3.8, 4) is 11.1 Å². The molecule has 0 saturated heterocycles. The number of pyridine rings is 2. The second-order valence-electron chi connectivity index (χ2n) is 4.89. The van der Waals surface area contributed by atoms with E-state index < -0.39 is 5.82 Å². The summed E-state index contributed by atoms with van der Waals surface area (Å²) in [4.78, 5) is 8.24. The maximum Gasteiger partial charge on any atom is 0.154 e. The maximum atomic E-state index is 14.5. The Morgan fingerprint density at radius 2 is 1.90 bits per heavy atom. The van der Waals surface area contributed by atoms with E-state index in [0.29, 0.717) is 10.9 Å². The number of nitrogens with two attached hydrogens (primary N) is 1. The van der Waals surface area contributed by atoms with Crippen molar-refractivity contribution in [1.29, 1.82) is 0 Å². The number of fused-ring (bicyclic) bond motifs is 1. The lowest BCUT2D eigenvalue weighted by atomic mass is 9.98. The average molecular weight is 267 g/mol. The van der Waals surface area contributed by atoms with Crippen molar-refractivity contribution in [3.63, 3.8) is 0 Å². The summed E-state index contributed by atoms with van der Waals surface area (Å²) in [5, 5.41) is 1.52. The third-order valence-corrected chi connectivity index (χ3v) is 3.46. The fourth-order valence-electron chi connectivity index (χ4n) is 2.35. The summed E-state index contributed by atoms with van der Waals surface area (Å²) < 4.78 is 14.5. The number of halogens is 1. The van der Waals surface area contributed by atoms with Crippen LogP contribution in [0.2, 0.25) is 0 Å². The highest BCUT2D eigenvalue weighted by molar-refractivity contribution is 5.97. The highest BCUT2D eigenvalue weighted by atomic mass is 19.1. The van der Waals surface area contributed by atoms with Gasteiger partial charge in [0.2, 0.25) is 0 Å². The summed E-state index contributed by atoms with van der Waals surface area (Å²) in [7, 11) is 0. The van der Waals surface area contributed by atoms with Gasteiger partial charge in [-0.15, -0.1) is 0 Å². The van der Waals surface area contributed by atoms with E-state index in [1.807, 2.05) is 26.0 Å². The second-order valence-corrected chi connectivity index (χ2v) is 4.89. The third kappa shape index (κ3) is 1.90. The zero-order valence-corrected chi connectivity index (χ0v) is 11.3. The predicted molar refractivity (Wildman–Crippen MR) is 78.8 cm³/mol. The van der Waals surface area contributed by atoms with Gasteiger partial charge in [0.1, 0.15) is 0 Å². The van der Waals surface area contributed by atoms with Gasteiger partial charge in [0.15, 0.2) is 5.82 Å². The Hall–Kier alpha value is -2.49. The van der Waals surface area contributed by atoms with E-state index in [0.717, 1.165) is 22.2 Å². The molecular formula is C16H14FN3. The van der Waals surface area contributed by atoms with Crippen molar-refractivity contribution >= 4 is 16.5 Å². The Labute approximate surface area is 116 Å². The summed E-state index contributed by atoms with van der Waals surface area (Å²) in [6.07, 6.45) is 4.96. The molecule has 2 N–H and O–H groups in total. The zero-order chi connectivity index (χ0) is 14.3. The number of rotatable bonds is 1. The summed E-state index contributed by atoms with van der Waals surface area (Å²) in [6.45, 7) is 3.82. The number of anilines is 1. The molecule has 4 heteroatoms. The Kier molecular flexibility index (Phi) is 2.86. The van der Waals surface area contributed by atoms with Crippen molar-refractivity contribution in [2.75, 3.05) is 5.73 Å². The molecule has 0 spiro atoms. The molecule has 3 aromatic rings. The van der Waals surface area contributed by atoms with E-state index in [2.05, 4.69) is 9.97 Å². The summed E-state index contributed by atoms with van der Waals surface area (Å²) in [6, 6.07) is 5.56. The van der Waals surface area contributed by atoms with Crippen LogP contribution in [0, 0.1) is 19.7 Å². The quantitative estimate of drug-likeness (QED) is 0.685. The summed E-state index contributed by atoms with van der Waals surface area (Å²) in [5.41, 5.74) is 9.12. The lowest BCUT2D eigenvalue weighted by Crippen LogP contribution is -1.98. The minimum Gasteiger partial charge on any atom is -0.396 e. The van der Waals surface area contributed by atoms with Crippen molar-refractivity contribution in [2.24, 2.45) is 0 Å². The predicted octanol–water partition coefficient (Wildman–Crippen LogP) is 3.63. The largest absolute Gasteiger partial charge is 0.396 e. The molecule has 0 fully saturated rings. The first kappa shape index (κ1) is 12.5. The van der Waals surface area contributed by atoms with Gasteiger partial charge in [0.25, 0.3) is 0 Å². The van der Waals surface area contributed by atoms with Gasteiger partial charge >= 0.3 is 0 Å². The molecule has 0 aliphatic carbocycles. The van der Waals surface area contributed by atoms with E-state index in [-0.39, 0.29) is 5.69 Å². The molecule has 100 valence electrons. The molecule has 0 radical (unpaired) electrons. The number of aryl methyl sites for hydroxylation is 2. The van der Waals surface area contributed by atoms with Gasteiger partial charge in [-0.05, 0) is 43.0 Å². The second kappa shape index (κ2) is 4.56. The Balaban J connectivity index is 2.37. The Morgan fingerprint density at radius 3 is 2.65 bits per heavy atom. The van der Waals surface area contributed by atoms with E-state index in [4.69, 9.17) is 5.73 Å². The van der Waals surface area contributed by atoms with Crippen molar-refractivity contribution in [2.45, 2.75) is 13.8 Å².